The molecule has 24 heavy (non-hydrogen) atoms. The highest BCUT2D eigenvalue weighted by Gasteiger charge is 2.14. The molecule has 1 atom stereocenters. The number of ether oxygens (including phenoxy) is 1. The Morgan fingerprint density at radius 3 is 2.75 bits per heavy atom. The molecule has 1 fully saturated rings. The number of anilines is 1. The van der Waals surface area contributed by atoms with Crippen LogP contribution in [0.25, 0.3) is 0 Å². The summed E-state index contributed by atoms with van der Waals surface area (Å²) in [6.45, 7) is 8.26. The standard InChI is InChI=1S/C18H27N3O3/c1-3-17(22)20-16-6-4-5-15(13-16)18(23)19-14(2)7-8-21-9-11-24-12-10-21/h4-6,13-14H,3,7-12H2,1-2H3,(H,19,23)(H,20,22)/t14-/m0/s1. The second kappa shape index (κ2) is 9.39. The average molecular weight is 333 g/mol. The van der Waals surface area contributed by atoms with Crippen LogP contribution in [0, 0.1) is 0 Å². The van der Waals surface area contributed by atoms with E-state index in [0.29, 0.717) is 17.7 Å². The predicted octanol–water partition coefficient (Wildman–Crippen LogP) is 1.88. The fourth-order valence-corrected chi connectivity index (χ4v) is 2.57. The van der Waals surface area contributed by atoms with Gasteiger partial charge in [-0.15, -0.1) is 0 Å². The summed E-state index contributed by atoms with van der Waals surface area (Å²) in [5, 5.41) is 5.79. The zero-order valence-electron chi connectivity index (χ0n) is 14.5. The van der Waals surface area contributed by atoms with E-state index in [4.69, 9.17) is 4.74 Å². The number of morpholine rings is 1. The summed E-state index contributed by atoms with van der Waals surface area (Å²) in [5.41, 5.74) is 1.21. The van der Waals surface area contributed by atoms with Crippen molar-refractivity contribution in [3.63, 3.8) is 0 Å². The van der Waals surface area contributed by atoms with E-state index in [-0.39, 0.29) is 17.9 Å². The van der Waals surface area contributed by atoms with E-state index < -0.39 is 0 Å². The van der Waals surface area contributed by atoms with Gasteiger partial charge in [0.15, 0.2) is 0 Å². The first kappa shape index (κ1) is 18.4. The summed E-state index contributed by atoms with van der Waals surface area (Å²) in [6, 6.07) is 7.11. The van der Waals surface area contributed by atoms with Gasteiger partial charge in [-0.3, -0.25) is 14.5 Å². The SMILES string of the molecule is CCC(=O)Nc1cccc(C(=O)N[C@@H](C)CCN2CCOCC2)c1. The Labute approximate surface area is 143 Å². The largest absolute Gasteiger partial charge is 0.379 e. The molecule has 1 heterocycles. The van der Waals surface area contributed by atoms with E-state index in [1.807, 2.05) is 6.92 Å². The highest BCUT2D eigenvalue weighted by molar-refractivity contribution is 5.97. The van der Waals surface area contributed by atoms with Crippen LogP contribution in [-0.2, 0) is 9.53 Å². The van der Waals surface area contributed by atoms with Crippen LogP contribution in [-0.4, -0.2) is 55.6 Å². The minimum Gasteiger partial charge on any atom is -0.379 e. The lowest BCUT2D eigenvalue weighted by molar-refractivity contribution is -0.115. The summed E-state index contributed by atoms with van der Waals surface area (Å²) in [7, 11) is 0. The van der Waals surface area contributed by atoms with Gasteiger partial charge in [-0.1, -0.05) is 13.0 Å². The van der Waals surface area contributed by atoms with E-state index in [1.54, 1.807) is 31.2 Å². The van der Waals surface area contributed by atoms with Gasteiger partial charge in [0.05, 0.1) is 13.2 Å². The van der Waals surface area contributed by atoms with Crippen LogP contribution in [0.15, 0.2) is 24.3 Å². The summed E-state index contributed by atoms with van der Waals surface area (Å²) in [6.07, 6.45) is 1.31. The van der Waals surface area contributed by atoms with Crippen molar-refractivity contribution in [2.75, 3.05) is 38.2 Å². The van der Waals surface area contributed by atoms with Crippen LogP contribution in [0.3, 0.4) is 0 Å². The highest BCUT2D eigenvalue weighted by atomic mass is 16.5. The molecule has 0 bridgehead atoms. The summed E-state index contributed by atoms with van der Waals surface area (Å²) in [4.78, 5) is 26.2. The molecule has 0 spiro atoms. The molecule has 2 N–H and O–H groups in total. The molecule has 0 aliphatic carbocycles. The van der Waals surface area contributed by atoms with Gasteiger partial charge >= 0.3 is 0 Å². The zero-order chi connectivity index (χ0) is 17.4. The van der Waals surface area contributed by atoms with Crippen LogP contribution in [0.1, 0.15) is 37.0 Å². The Morgan fingerprint density at radius 2 is 2.04 bits per heavy atom. The number of nitrogens with zero attached hydrogens (tertiary/aromatic N) is 1. The average Bonchev–Trinajstić information content (AvgIpc) is 2.61. The van der Waals surface area contributed by atoms with Crippen molar-refractivity contribution in [1.82, 2.24) is 10.2 Å². The van der Waals surface area contributed by atoms with Gasteiger partial charge in [-0.05, 0) is 31.5 Å². The summed E-state index contributed by atoms with van der Waals surface area (Å²) < 4.78 is 5.33. The van der Waals surface area contributed by atoms with Crippen LogP contribution >= 0.6 is 0 Å². The number of carbonyl (C=O) groups excluding carboxylic acids is 2. The predicted molar refractivity (Wildman–Crippen MR) is 94.2 cm³/mol. The van der Waals surface area contributed by atoms with Crippen molar-refractivity contribution < 1.29 is 14.3 Å². The van der Waals surface area contributed by atoms with Crippen molar-refractivity contribution in [1.29, 1.82) is 0 Å². The molecule has 0 unspecified atom stereocenters. The van der Waals surface area contributed by atoms with Gasteiger partial charge in [0, 0.05) is 43.3 Å². The molecule has 0 aromatic heterocycles. The minimum atomic E-state index is -0.114. The third kappa shape index (κ3) is 5.94. The van der Waals surface area contributed by atoms with Crippen LogP contribution < -0.4 is 10.6 Å². The number of amides is 2. The normalized spacial score (nSPS) is 16.4. The maximum atomic E-state index is 12.4. The lowest BCUT2D eigenvalue weighted by atomic mass is 10.1. The third-order valence-corrected chi connectivity index (χ3v) is 4.09. The highest BCUT2D eigenvalue weighted by Crippen LogP contribution is 2.11. The fourth-order valence-electron chi connectivity index (χ4n) is 2.57. The third-order valence-electron chi connectivity index (χ3n) is 4.09. The summed E-state index contributed by atoms with van der Waals surface area (Å²) >= 11 is 0. The van der Waals surface area contributed by atoms with Crippen molar-refractivity contribution >= 4 is 17.5 Å². The van der Waals surface area contributed by atoms with Crippen molar-refractivity contribution in [3.8, 4) is 0 Å². The molecular formula is C18H27N3O3. The first-order valence-corrected chi connectivity index (χ1v) is 8.59. The van der Waals surface area contributed by atoms with Gasteiger partial charge < -0.3 is 15.4 Å². The smallest absolute Gasteiger partial charge is 0.251 e. The van der Waals surface area contributed by atoms with Gasteiger partial charge in [0.25, 0.3) is 5.91 Å². The summed E-state index contributed by atoms with van der Waals surface area (Å²) in [5.74, 6) is -0.177. The molecule has 1 saturated heterocycles. The van der Waals surface area contributed by atoms with Gasteiger partial charge in [-0.2, -0.15) is 0 Å². The van der Waals surface area contributed by atoms with E-state index in [0.717, 1.165) is 39.3 Å². The van der Waals surface area contributed by atoms with E-state index >= 15 is 0 Å². The second-order valence-electron chi connectivity index (χ2n) is 6.10. The number of hydrogen-bond donors (Lipinski definition) is 2. The van der Waals surface area contributed by atoms with Crippen LogP contribution in [0.4, 0.5) is 5.69 Å². The molecule has 0 radical (unpaired) electrons. The quantitative estimate of drug-likeness (QED) is 0.799. The van der Waals surface area contributed by atoms with Gasteiger partial charge in [0.2, 0.25) is 5.91 Å². The van der Waals surface area contributed by atoms with E-state index in [2.05, 4.69) is 15.5 Å². The van der Waals surface area contributed by atoms with Gasteiger partial charge in [-0.25, -0.2) is 0 Å². The van der Waals surface area contributed by atoms with Crippen molar-refractivity contribution in [2.45, 2.75) is 32.7 Å². The first-order chi connectivity index (χ1) is 11.6. The topological polar surface area (TPSA) is 70.7 Å². The molecule has 1 aromatic carbocycles. The molecule has 6 nitrogen and oxygen atoms in total. The number of rotatable bonds is 7. The zero-order valence-corrected chi connectivity index (χ0v) is 14.5. The molecule has 2 rings (SSSR count). The molecule has 2 amide bonds. The van der Waals surface area contributed by atoms with Crippen LogP contribution in [0.2, 0.25) is 0 Å². The Bertz CT molecular complexity index is 556. The molecule has 1 aromatic rings. The molecule has 132 valence electrons. The van der Waals surface area contributed by atoms with E-state index in [9.17, 15) is 9.59 Å². The fraction of sp³-hybridized carbons (Fsp3) is 0.556. The number of hydrogen-bond acceptors (Lipinski definition) is 4. The Balaban J connectivity index is 1.82. The molecule has 0 saturated carbocycles. The minimum absolute atomic E-state index is 0.0635. The van der Waals surface area contributed by atoms with Crippen molar-refractivity contribution in [2.24, 2.45) is 0 Å². The lowest BCUT2D eigenvalue weighted by Crippen LogP contribution is -2.40. The number of nitrogens with one attached hydrogen (secondary N) is 2. The first-order valence-electron chi connectivity index (χ1n) is 8.59. The number of carbonyl (C=O) groups is 2. The Hall–Kier alpha value is -1.92. The second-order valence-corrected chi connectivity index (χ2v) is 6.10. The maximum Gasteiger partial charge on any atom is 0.251 e. The monoisotopic (exact) mass is 333 g/mol. The molecular weight excluding hydrogens is 306 g/mol. The Kier molecular flexibility index (Phi) is 7.21. The van der Waals surface area contributed by atoms with E-state index in [1.165, 1.54) is 0 Å². The molecule has 6 heteroatoms. The van der Waals surface area contributed by atoms with Crippen LogP contribution in [0.5, 0.6) is 0 Å². The lowest BCUT2D eigenvalue weighted by Gasteiger charge is -2.27. The molecule has 1 aliphatic heterocycles. The number of benzene rings is 1. The van der Waals surface area contributed by atoms with Crippen molar-refractivity contribution in [3.05, 3.63) is 29.8 Å². The Morgan fingerprint density at radius 1 is 1.29 bits per heavy atom. The van der Waals surface area contributed by atoms with Gasteiger partial charge in [0.1, 0.15) is 0 Å². The molecule has 1 aliphatic rings. The maximum absolute atomic E-state index is 12.4.